The minimum Gasteiger partial charge on any atom is -0.497 e. The Bertz CT molecular complexity index is 2570. The molecule has 7 rings (SSSR count). The second-order valence-electron chi connectivity index (χ2n) is 12.1. The molecule has 1 aliphatic rings. The summed E-state index contributed by atoms with van der Waals surface area (Å²) in [7, 11) is 3.07. The lowest BCUT2D eigenvalue weighted by Crippen LogP contribution is -2.40. The van der Waals surface area contributed by atoms with E-state index >= 15 is 0 Å². The van der Waals surface area contributed by atoms with Crippen molar-refractivity contribution in [3.05, 3.63) is 161 Å². The largest absolute Gasteiger partial charge is 0.497 e. The quantitative estimate of drug-likeness (QED) is 0.0859. The third-order valence-electron chi connectivity index (χ3n) is 9.00. The molecule has 0 fully saturated rings. The van der Waals surface area contributed by atoms with Crippen molar-refractivity contribution in [1.29, 1.82) is 0 Å². The van der Waals surface area contributed by atoms with E-state index in [2.05, 4.69) is 0 Å². The number of allylic oxidation sites excluding steroid dienone is 1. The van der Waals surface area contributed by atoms with E-state index in [4.69, 9.17) is 19.2 Å². The summed E-state index contributed by atoms with van der Waals surface area (Å²) in [5, 5.41) is 11.6. The first-order chi connectivity index (χ1) is 25.7. The van der Waals surface area contributed by atoms with Crippen LogP contribution in [0.2, 0.25) is 0 Å². The molecule has 53 heavy (non-hydrogen) atoms. The predicted molar refractivity (Wildman–Crippen MR) is 203 cm³/mol. The van der Waals surface area contributed by atoms with Crippen molar-refractivity contribution in [2.24, 2.45) is 4.99 Å². The lowest BCUT2D eigenvalue weighted by atomic mass is 9.95. The van der Waals surface area contributed by atoms with Gasteiger partial charge in [-0.3, -0.25) is 19.5 Å². The molecule has 0 amide bonds. The number of thiazole rings is 1. The summed E-state index contributed by atoms with van der Waals surface area (Å²) in [5.74, 6) is 0.404. The van der Waals surface area contributed by atoms with Gasteiger partial charge in [0.2, 0.25) is 0 Å². The smallest absolute Gasteiger partial charge is 0.338 e. The maximum Gasteiger partial charge on any atom is 0.338 e. The van der Waals surface area contributed by atoms with Crippen LogP contribution in [0.15, 0.2) is 130 Å². The minimum absolute atomic E-state index is 0.0229. The van der Waals surface area contributed by atoms with Gasteiger partial charge in [0, 0.05) is 35.0 Å². The molecule has 4 aromatic carbocycles. The third-order valence-corrected chi connectivity index (χ3v) is 9.99. The van der Waals surface area contributed by atoms with Crippen LogP contribution in [0.3, 0.4) is 0 Å². The molecule has 0 radical (unpaired) electrons. The van der Waals surface area contributed by atoms with Crippen LogP contribution in [0.25, 0.3) is 34.3 Å². The maximum atomic E-state index is 14.7. The molecule has 6 aromatic rings. The first-order valence-corrected chi connectivity index (χ1v) is 17.6. The molecule has 0 saturated heterocycles. The molecular weight excluding hydrogens is 693 g/mol. The number of non-ortho nitro benzene ring substituents is 1. The van der Waals surface area contributed by atoms with E-state index in [1.807, 2.05) is 77.4 Å². The highest BCUT2D eigenvalue weighted by Gasteiger charge is 2.35. The molecule has 0 saturated carbocycles. The zero-order valence-electron chi connectivity index (χ0n) is 29.3. The van der Waals surface area contributed by atoms with Gasteiger partial charge in [0.15, 0.2) is 4.80 Å². The number of ether oxygens (including phenoxy) is 3. The molecule has 266 valence electrons. The normalized spacial score (nSPS) is 14.0. The Kier molecular flexibility index (Phi) is 9.62. The van der Waals surface area contributed by atoms with E-state index in [9.17, 15) is 19.7 Å². The number of carbonyl (C=O) groups excluding carboxylic acids is 1. The van der Waals surface area contributed by atoms with E-state index in [-0.39, 0.29) is 23.4 Å². The molecule has 2 aromatic heterocycles. The molecule has 0 N–H and O–H groups in total. The number of rotatable bonds is 10. The second-order valence-corrected chi connectivity index (χ2v) is 13.1. The van der Waals surface area contributed by atoms with E-state index in [1.165, 1.54) is 35.1 Å². The number of esters is 1. The van der Waals surface area contributed by atoms with Crippen molar-refractivity contribution in [2.45, 2.75) is 19.9 Å². The molecule has 0 unspecified atom stereocenters. The van der Waals surface area contributed by atoms with Gasteiger partial charge in [0.1, 0.15) is 17.5 Å². The van der Waals surface area contributed by atoms with Gasteiger partial charge < -0.3 is 18.8 Å². The van der Waals surface area contributed by atoms with Crippen LogP contribution in [0.1, 0.15) is 31.0 Å². The van der Waals surface area contributed by atoms with Gasteiger partial charge in [0.05, 0.1) is 52.9 Å². The van der Waals surface area contributed by atoms with Crippen LogP contribution >= 0.6 is 11.3 Å². The number of nitrogens with zero attached hydrogens (tertiary/aromatic N) is 4. The molecule has 0 bridgehead atoms. The second kappa shape index (κ2) is 14.6. The Morgan fingerprint density at radius 2 is 1.60 bits per heavy atom. The summed E-state index contributed by atoms with van der Waals surface area (Å²) in [4.78, 5) is 44.5. The SMILES string of the molecule is CCOC(=O)C1=C(C)N=c2s/c(=C\c3cc(-c4ccccc4)n(-c4ccc([N+](=O)[O-])cc4)c3-c3ccccc3)c(=O)n2[C@@H]1c1ccc(OC)cc1OC. The Morgan fingerprint density at radius 1 is 0.925 bits per heavy atom. The number of benzene rings is 4. The topological polar surface area (TPSA) is 127 Å². The summed E-state index contributed by atoms with van der Waals surface area (Å²) in [5.41, 5.74) is 5.67. The van der Waals surface area contributed by atoms with Crippen LogP contribution in [0.5, 0.6) is 11.5 Å². The number of carbonyl (C=O) groups is 1. The summed E-state index contributed by atoms with van der Waals surface area (Å²) >= 11 is 1.22. The van der Waals surface area contributed by atoms with Crippen LogP contribution in [-0.4, -0.2) is 40.9 Å². The zero-order chi connectivity index (χ0) is 37.2. The van der Waals surface area contributed by atoms with E-state index < -0.39 is 16.9 Å². The van der Waals surface area contributed by atoms with Crippen LogP contribution in [0, 0.1) is 10.1 Å². The van der Waals surface area contributed by atoms with E-state index in [0.29, 0.717) is 37.8 Å². The highest BCUT2D eigenvalue weighted by molar-refractivity contribution is 7.07. The Morgan fingerprint density at radius 3 is 2.23 bits per heavy atom. The number of nitro benzene ring substituents is 1. The first kappa shape index (κ1) is 34.9. The lowest BCUT2D eigenvalue weighted by Gasteiger charge is -2.26. The fourth-order valence-electron chi connectivity index (χ4n) is 6.62. The fraction of sp³-hybridized carbons (Fsp3) is 0.146. The van der Waals surface area contributed by atoms with Crippen molar-refractivity contribution in [2.75, 3.05) is 20.8 Å². The average Bonchev–Trinajstić information content (AvgIpc) is 3.71. The van der Waals surface area contributed by atoms with Crippen molar-refractivity contribution in [1.82, 2.24) is 9.13 Å². The number of hydrogen-bond donors (Lipinski definition) is 0. The van der Waals surface area contributed by atoms with Gasteiger partial charge in [-0.15, -0.1) is 0 Å². The van der Waals surface area contributed by atoms with Gasteiger partial charge in [-0.1, -0.05) is 72.0 Å². The van der Waals surface area contributed by atoms with E-state index in [1.54, 1.807) is 51.3 Å². The number of fused-ring (bicyclic) bond motifs is 1. The monoisotopic (exact) mass is 726 g/mol. The molecule has 12 heteroatoms. The molecule has 1 aliphatic heterocycles. The minimum atomic E-state index is -0.897. The fourth-order valence-corrected chi connectivity index (χ4v) is 7.65. The standard InChI is InChI=1S/C41H34N4O7S/c1-5-52-40(47)36-25(2)42-41-44(38(36)32-21-20-31(50-3)24-34(32)51-4)39(46)35(53-41)23-28-22-33(26-12-8-6-9-13-26)43(37(28)27-14-10-7-11-15-27)29-16-18-30(19-17-29)45(48)49/h6-24,38H,5H2,1-4H3/b35-23-/t38-/m1/s1. The number of aromatic nitrogens is 2. The molecule has 0 spiro atoms. The van der Waals surface area contributed by atoms with Crippen molar-refractivity contribution >= 4 is 29.1 Å². The molecule has 11 nitrogen and oxygen atoms in total. The lowest BCUT2D eigenvalue weighted by molar-refractivity contribution is -0.384. The Labute approximate surface area is 308 Å². The Balaban J connectivity index is 1.51. The van der Waals surface area contributed by atoms with Crippen LogP contribution < -0.4 is 24.4 Å². The Hall–Kier alpha value is -6.53. The number of nitro groups is 1. The van der Waals surface area contributed by atoms with Crippen LogP contribution in [0.4, 0.5) is 5.69 Å². The summed E-state index contributed by atoms with van der Waals surface area (Å²) in [6.07, 6.45) is 1.84. The van der Waals surface area contributed by atoms with Gasteiger partial charge in [-0.05, 0) is 61.4 Å². The predicted octanol–water partition coefficient (Wildman–Crippen LogP) is 6.85. The number of hydrogen-bond acceptors (Lipinski definition) is 9. The van der Waals surface area contributed by atoms with Gasteiger partial charge in [-0.2, -0.15) is 0 Å². The van der Waals surface area contributed by atoms with Gasteiger partial charge in [0.25, 0.3) is 11.2 Å². The van der Waals surface area contributed by atoms with Crippen molar-refractivity contribution in [3.63, 3.8) is 0 Å². The maximum absolute atomic E-state index is 14.7. The van der Waals surface area contributed by atoms with Crippen LogP contribution in [-0.2, 0) is 9.53 Å². The summed E-state index contributed by atoms with van der Waals surface area (Å²) in [6, 6.07) is 32.3. The summed E-state index contributed by atoms with van der Waals surface area (Å²) in [6.45, 7) is 3.60. The highest BCUT2D eigenvalue weighted by atomic mass is 32.1. The third kappa shape index (κ3) is 6.44. The van der Waals surface area contributed by atoms with Gasteiger partial charge in [-0.25, -0.2) is 9.79 Å². The summed E-state index contributed by atoms with van der Waals surface area (Å²) < 4.78 is 20.6. The molecular formula is C41H34N4O7S. The molecule has 1 atom stereocenters. The zero-order valence-corrected chi connectivity index (χ0v) is 30.1. The van der Waals surface area contributed by atoms with Crippen molar-refractivity contribution < 1.29 is 23.9 Å². The first-order valence-electron chi connectivity index (χ1n) is 16.8. The van der Waals surface area contributed by atoms with Crippen molar-refractivity contribution in [3.8, 4) is 39.7 Å². The van der Waals surface area contributed by atoms with Gasteiger partial charge >= 0.3 is 5.97 Å². The van der Waals surface area contributed by atoms with E-state index in [0.717, 1.165) is 28.1 Å². The average molecular weight is 727 g/mol. The molecule has 3 heterocycles. The highest BCUT2D eigenvalue weighted by Crippen LogP contribution is 2.39. The number of methoxy groups -OCH3 is 2. The molecule has 0 aliphatic carbocycles.